The third kappa shape index (κ3) is 5.64. The van der Waals surface area contributed by atoms with Crippen molar-refractivity contribution < 1.29 is 28.1 Å². The van der Waals surface area contributed by atoms with Gasteiger partial charge in [0.15, 0.2) is 23.0 Å². The molecule has 0 saturated heterocycles. The van der Waals surface area contributed by atoms with E-state index in [4.69, 9.17) is 28.1 Å². The largest absolute Gasteiger partial charge is 0.497 e. The van der Waals surface area contributed by atoms with Gasteiger partial charge in [-0.25, -0.2) is 0 Å². The van der Waals surface area contributed by atoms with E-state index >= 15 is 0 Å². The lowest BCUT2D eigenvalue weighted by atomic mass is 9.38. The highest BCUT2D eigenvalue weighted by molar-refractivity contribution is 6.94. The second kappa shape index (κ2) is 13.4. The minimum atomic E-state index is -0.304. The van der Waals surface area contributed by atoms with Crippen molar-refractivity contribution in [3.05, 3.63) is 112 Å². The summed E-state index contributed by atoms with van der Waals surface area (Å²) >= 11 is 0. The van der Waals surface area contributed by atoms with Crippen LogP contribution in [-0.4, -0.2) is 39.2 Å². The average Bonchev–Trinajstić information content (AvgIpc) is 3.55. The van der Waals surface area contributed by atoms with Crippen LogP contribution in [0.15, 0.2) is 88.1 Å². The molecule has 6 aliphatic rings. The molecule has 6 heterocycles. The van der Waals surface area contributed by atoms with Gasteiger partial charge in [-0.2, -0.15) is 0 Å². The molecule has 1 aromatic heterocycles. The zero-order valence-electron chi connectivity index (χ0n) is 37.2. The summed E-state index contributed by atoms with van der Waals surface area (Å²) in [5.74, 6) is 3.18. The van der Waals surface area contributed by atoms with Crippen LogP contribution in [0.25, 0.3) is 11.0 Å². The summed E-state index contributed by atoms with van der Waals surface area (Å²) in [4.78, 5) is 4.96. The fraction of sp³-hybridized carbons (Fsp3) is 0.385. The van der Waals surface area contributed by atoms with Gasteiger partial charge in [-0.05, 0) is 109 Å². The highest BCUT2D eigenvalue weighted by Gasteiger charge is 2.55. The average molecular weight is 815 g/mol. The van der Waals surface area contributed by atoms with Crippen molar-refractivity contribution in [2.75, 3.05) is 36.2 Å². The van der Waals surface area contributed by atoms with Gasteiger partial charge >= 0.3 is 6.71 Å². The maximum absolute atomic E-state index is 7.39. The molecule has 2 unspecified atom stereocenters. The van der Waals surface area contributed by atoms with E-state index in [0.29, 0.717) is 26.4 Å². The van der Waals surface area contributed by atoms with Gasteiger partial charge in [0.05, 0.1) is 60.8 Å². The van der Waals surface area contributed by atoms with Gasteiger partial charge < -0.3 is 37.9 Å². The molecule has 8 nitrogen and oxygen atoms in total. The second-order valence-corrected chi connectivity index (χ2v) is 19.8. The topological polar surface area (TPSA) is 65.8 Å². The van der Waals surface area contributed by atoms with E-state index in [1.54, 1.807) is 0 Å². The first-order valence-corrected chi connectivity index (χ1v) is 22.1. The Kier molecular flexibility index (Phi) is 8.40. The van der Waals surface area contributed by atoms with Crippen LogP contribution in [0.3, 0.4) is 0 Å². The first-order valence-electron chi connectivity index (χ1n) is 22.1. The van der Waals surface area contributed by atoms with E-state index in [9.17, 15) is 0 Å². The van der Waals surface area contributed by atoms with Gasteiger partial charge in [-0.15, -0.1) is 0 Å². The molecule has 0 radical (unpaired) electrons. The zero-order chi connectivity index (χ0) is 42.3. The normalized spacial score (nSPS) is 20.1. The maximum atomic E-state index is 7.39. The molecule has 9 heteroatoms. The number of rotatable bonds is 2. The quantitative estimate of drug-likeness (QED) is 0.163. The number of anilines is 5. The number of aryl methyl sites for hydroxylation is 2. The number of fused-ring (bicyclic) bond motifs is 9. The third-order valence-electron chi connectivity index (χ3n) is 13.6. The number of hydrogen-bond acceptors (Lipinski definition) is 8. The van der Waals surface area contributed by atoms with Gasteiger partial charge in [0.1, 0.15) is 17.3 Å². The molecule has 5 aliphatic heterocycles. The Bertz CT molecular complexity index is 2800. The Morgan fingerprint density at radius 3 is 1.90 bits per heavy atom. The molecule has 2 atom stereocenters. The Balaban J connectivity index is 1.25. The van der Waals surface area contributed by atoms with Gasteiger partial charge in [-0.3, -0.25) is 0 Å². The number of allylic oxidation sites excluding steroid dienone is 2. The van der Waals surface area contributed by atoms with Crippen molar-refractivity contribution in [3.8, 4) is 23.0 Å². The molecular weight excluding hydrogens is 759 g/mol. The first-order chi connectivity index (χ1) is 29.2. The highest BCUT2D eigenvalue weighted by Crippen LogP contribution is 2.56. The second-order valence-electron chi connectivity index (χ2n) is 19.8. The predicted molar refractivity (Wildman–Crippen MR) is 245 cm³/mol. The van der Waals surface area contributed by atoms with Crippen LogP contribution in [0.2, 0.25) is 0 Å². The fourth-order valence-electron chi connectivity index (χ4n) is 10.6. The van der Waals surface area contributed by atoms with Crippen LogP contribution in [0.4, 0.5) is 28.4 Å². The summed E-state index contributed by atoms with van der Waals surface area (Å²) < 4.78 is 40.3. The number of nitrogens with zero attached hydrogens (tertiary/aromatic N) is 2. The molecular formula is C52H55BN2O6. The first kappa shape index (κ1) is 38.2. The summed E-state index contributed by atoms with van der Waals surface area (Å²) in [6.07, 6.45) is 8.49. The molecule has 0 spiro atoms. The van der Waals surface area contributed by atoms with Crippen molar-refractivity contribution in [1.29, 1.82) is 0 Å². The molecule has 0 amide bonds. The summed E-state index contributed by atoms with van der Waals surface area (Å²) in [7, 11) is 0. The van der Waals surface area contributed by atoms with Crippen molar-refractivity contribution >= 4 is 57.2 Å². The fourth-order valence-corrected chi connectivity index (χ4v) is 10.6. The van der Waals surface area contributed by atoms with E-state index in [-0.39, 0.29) is 29.6 Å². The van der Waals surface area contributed by atoms with Crippen molar-refractivity contribution in [3.63, 3.8) is 0 Å². The number of furan rings is 1. The molecule has 0 fully saturated rings. The maximum Gasteiger partial charge on any atom is 0.340 e. The Hall–Kier alpha value is -5.70. The molecule has 312 valence electrons. The molecule has 4 aromatic carbocycles. The van der Waals surface area contributed by atoms with E-state index in [2.05, 4.69) is 146 Å². The SMILES string of the molecule is Cc1cc2c(c(C)c1N1C3=C(OC4C=CC(C(C)(C)C)=CC34)B3c4oc5ccc(C(C)(C)C)cc5c4N(c4c(C)cc5c(c4C)OCCCO5)c4cccc1c43)OCCCO2. The van der Waals surface area contributed by atoms with Crippen LogP contribution < -0.4 is 39.9 Å². The van der Waals surface area contributed by atoms with Crippen LogP contribution >= 0.6 is 0 Å². The van der Waals surface area contributed by atoms with Gasteiger partial charge in [0.25, 0.3) is 0 Å². The summed E-state index contributed by atoms with van der Waals surface area (Å²) in [6.45, 7) is 24.6. The van der Waals surface area contributed by atoms with Crippen molar-refractivity contribution in [1.82, 2.24) is 0 Å². The van der Waals surface area contributed by atoms with Crippen LogP contribution in [-0.2, 0) is 10.2 Å². The molecule has 1 aliphatic carbocycles. The smallest absolute Gasteiger partial charge is 0.340 e. The lowest BCUT2D eigenvalue weighted by Crippen LogP contribution is -2.55. The number of hydrogen-bond donors (Lipinski definition) is 0. The predicted octanol–water partition coefficient (Wildman–Crippen LogP) is 11.1. The minimum absolute atomic E-state index is 0.0367. The van der Waals surface area contributed by atoms with E-state index < -0.39 is 0 Å². The van der Waals surface area contributed by atoms with E-state index in [1.165, 1.54) is 11.1 Å². The number of benzene rings is 4. The van der Waals surface area contributed by atoms with Crippen LogP contribution in [0, 0.1) is 39.0 Å². The van der Waals surface area contributed by atoms with Gasteiger partial charge in [-0.1, -0.05) is 65.8 Å². The zero-order valence-corrected chi connectivity index (χ0v) is 37.2. The standard InChI is InChI=1S/C52H55BN2O6/c1-28-24-40-47(58-22-12-20-56-40)30(3)43(28)54-36-14-11-15-37-42(36)53(49-45(54)34-26-32(51(5,6)7)16-18-38(34)60-49)50-46(35-27-33(52(8,9)10)17-19-39(35)61-50)55(37)44-29(2)25-41-48(31(44)4)59-23-13-21-57-41/h11,14-19,24-27,34,38H,12-13,20-23H2,1-10H3. The Morgan fingerprint density at radius 2 is 1.28 bits per heavy atom. The summed E-state index contributed by atoms with van der Waals surface area (Å²) in [6, 6.07) is 17.8. The van der Waals surface area contributed by atoms with E-state index in [0.717, 1.165) is 120 Å². The lowest BCUT2D eigenvalue weighted by molar-refractivity contribution is 0.179. The minimum Gasteiger partial charge on any atom is -0.497 e. The van der Waals surface area contributed by atoms with E-state index in [1.807, 2.05) is 0 Å². The summed E-state index contributed by atoms with van der Waals surface area (Å²) in [5, 5.41) is 1.08. The third-order valence-corrected chi connectivity index (χ3v) is 13.6. The van der Waals surface area contributed by atoms with Crippen LogP contribution in [0.1, 0.15) is 82.2 Å². The van der Waals surface area contributed by atoms with Crippen molar-refractivity contribution in [2.24, 2.45) is 11.3 Å². The summed E-state index contributed by atoms with van der Waals surface area (Å²) in [5.41, 5.74) is 17.1. The molecule has 61 heavy (non-hydrogen) atoms. The van der Waals surface area contributed by atoms with Gasteiger partial charge in [0, 0.05) is 40.7 Å². The molecule has 0 bridgehead atoms. The molecule has 11 rings (SSSR count). The molecule has 0 N–H and O–H groups in total. The monoisotopic (exact) mass is 814 g/mol. The Morgan fingerprint density at radius 1 is 0.672 bits per heavy atom. The van der Waals surface area contributed by atoms with Crippen molar-refractivity contribution in [2.45, 2.75) is 93.6 Å². The number of ether oxygens (including phenoxy) is 5. The van der Waals surface area contributed by atoms with Crippen LogP contribution in [0.5, 0.6) is 23.0 Å². The van der Waals surface area contributed by atoms with Gasteiger partial charge in [0.2, 0.25) is 0 Å². The molecule has 5 aromatic rings. The Labute approximate surface area is 359 Å². The lowest BCUT2D eigenvalue weighted by Gasteiger charge is -2.43. The molecule has 0 saturated carbocycles. The highest BCUT2D eigenvalue weighted by atomic mass is 16.5.